The monoisotopic (exact) mass is 340 g/mol. The number of aromatic nitrogens is 2. The van der Waals surface area contributed by atoms with Gasteiger partial charge in [-0.2, -0.15) is 0 Å². The van der Waals surface area contributed by atoms with Crippen molar-refractivity contribution in [3.05, 3.63) is 42.1 Å². The Balaban J connectivity index is 1.33. The maximum Gasteiger partial charge on any atom is 0.289 e. The molecule has 4 heterocycles. The smallest absolute Gasteiger partial charge is 0.289 e. The Bertz CT molecular complexity index is 722. The third kappa shape index (κ3) is 3.25. The van der Waals surface area contributed by atoms with Crippen LogP contribution in [0.25, 0.3) is 0 Å². The van der Waals surface area contributed by atoms with Crippen LogP contribution in [0, 0.1) is 18.8 Å². The minimum Gasteiger partial charge on any atom is -0.459 e. The zero-order valence-corrected chi connectivity index (χ0v) is 14.6. The van der Waals surface area contributed by atoms with Gasteiger partial charge in [0, 0.05) is 44.1 Å². The lowest BCUT2D eigenvalue weighted by Crippen LogP contribution is -2.38. The summed E-state index contributed by atoms with van der Waals surface area (Å²) in [4.78, 5) is 25.5. The van der Waals surface area contributed by atoms with Crippen LogP contribution < -0.4 is 4.90 Å². The molecule has 2 fully saturated rings. The average molecular weight is 340 g/mol. The Morgan fingerprint density at radius 1 is 1.12 bits per heavy atom. The highest BCUT2D eigenvalue weighted by Crippen LogP contribution is 2.33. The highest BCUT2D eigenvalue weighted by atomic mass is 16.3. The van der Waals surface area contributed by atoms with E-state index in [1.54, 1.807) is 18.7 Å². The van der Waals surface area contributed by atoms with Gasteiger partial charge < -0.3 is 14.2 Å². The molecule has 0 unspecified atom stereocenters. The molecule has 2 aliphatic rings. The van der Waals surface area contributed by atoms with E-state index in [-0.39, 0.29) is 5.91 Å². The SMILES string of the molecule is Cc1ccoc1C(=O)N1CC[C@H](C2CCN(c3ncccn3)CC2)C1. The van der Waals surface area contributed by atoms with E-state index in [4.69, 9.17) is 4.42 Å². The fourth-order valence-electron chi connectivity index (χ4n) is 4.12. The van der Waals surface area contributed by atoms with Crippen LogP contribution in [0.1, 0.15) is 35.4 Å². The summed E-state index contributed by atoms with van der Waals surface area (Å²) in [5, 5.41) is 0. The molecular formula is C19H24N4O2. The van der Waals surface area contributed by atoms with Crippen molar-refractivity contribution in [2.45, 2.75) is 26.2 Å². The quantitative estimate of drug-likeness (QED) is 0.860. The van der Waals surface area contributed by atoms with E-state index in [0.29, 0.717) is 17.6 Å². The number of furan rings is 1. The molecule has 2 aromatic heterocycles. The highest BCUT2D eigenvalue weighted by molar-refractivity contribution is 5.93. The van der Waals surface area contributed by atoms with E-state index in [1.165, 1.54) is 0 Å². The highest BCUT2D eigenvalue weighted by Gasteiger charge is 2.35. The van der Waals surface area contributed by atoms with E-state index in [1.807, 2.05) is 24.0 Å². The van der Waals surface area contributed by atoms with Crippen LogP contribution in [0.5, 0.6) is 0 Å². The summed E-state index contributed by atoms with van der Waals surface area (Å²) in [5.41, 5.74) is 0.921. The van der Waals surface area contributed by atoms with Crippen LogP contribution in [0.3, 0.4) is 0 Å². The number of carbonyl (C=O) groups is 1. The van der Waals surface area contributed by atoms with Crippen LogP contribution in [-0.2, 0) is 0 Å². The molecule has 0 aromatic carbocycles. The summed E-state index contributed by atoms with van der Waals surface area (Å²) in [6, 6.07) is 3.70. The number of amides is 1. The third-order valence-electron chi connectivity index (χ3n) is 5.61. The van der Waals surface area contributed by atoms with Crippen LogP contribution in [0.2, 0.25) is 0 Å². The van der Waals surface area contributed by atoms with Crippen molar-refractivity contribution in [3.63, 3.8) is 0 Å². The van der Waals surface area contributed by atoms with E-state index >= 15 is 0 Å². The van der Waals surface area contributed by atoms with Crippen LogP contribution in [0.4, 0.5) is 5.95 Å². The van der Waals surface area contributed by atoms with Crippen LogP contribution >= 0.6 is 0 Å². The zero-order chi connectivity index (χ0) is 17.2. The minimum absolute atomic E-state index is 0.0418. The number of aryl methyl sites for hydroxylation is 1. The molecule has 4 rings (SSSR count). The number of nitrogens with zero attached hydrogens (tertiary/aromatic N) is 4. The Labute approximate surface area is 147 Å². The number of carbonyl (C=O) groups excluding carboxylic acids is 1. The van der Waals surface area contributed by atoms with Crippen molar-refractivity contribution in [2.75, 3.05) is 31.1 Å². The summed E-state index contributed by atoms with van der Waals surface area (Å²) in [5.74, 6) is 2.64. The average Bonchev–Trinajstić information content (AvgIpc) is 3.31. The summed E-state index contributed by atoms with van der Waals surface area (Å²) >= 11 is 0. The van der Waals surface area contributed by atoms with Crippen LogP contribution in [0.15, 0.2) is 35.2 Å². The maximum atomic E-state index is 12.6. The Morgan fingerprint density at radius 2 is 1.84 bits per heavy atom. The van der Waals surface area contributed by atoms with Crippen molar-refractivity contribution >= 4 is 11.9 Å². The van der Waals surface area contributed by atoms with E-state index < -0.39 is 0 Å². The minimum atomic E-state index is 0.0418. The molecule has 2 aliphatic heterocycles. The second-order valence-electron chi connectivity index (χ2n) is 7.11. The topological polar surface area (TPSA) is 62.5 Å². The molecule has 0 radical (unpaired) electrons. The van der Waals surface area contributed by atoms with Crippen LogP contribution in [-0.4, -0.2) is 47.0 Å². The first kappa shape index (κ1) is 16.1. The van der Waals surface area contributed by atoms with E-state index in [0.717, 1.165) is 57.0 Å². The van der Waals surface area contributed by atoms with Gasteiger partial charge in [-0.25, -0.2) is 9.97 Å². The first-order chi connectivity index (χ1) is 12.2. The van der Waals surface area contributed by atoms with Gasteiger partial charge in [0.05, 0.1) is 6.26 Å². The van der Waals surface area contributed by atoms with Crippen molar-refractivity contribution in [3.8, 4) is 0 Å². The normalized spacial score (nSPS) is 21.7. The maximum absolute atomic E-state index is 12.6. The molecule has 25 heavy (non-hydrogen) atoms. The zero-order valence-electron chi connectivity index (χ0n) is 14.6. The predicted molar refractivity (Wildman–Crippen MR) is 94.4 cm³/mol. The van der Waals surface area contributed by atoms with Gasteiger partial charge in [-0.15, -0.1) is 0 Å². The molecule has 0 aliphatic carbocycles. The molecule has 0 bridgehead atoms. The first-order valence-corrected chi connectivity index (χ1v) is 9.07. The number of piperidine rings is 1. The standard InChI is InChI=1S/C19H24N4O2/c1-14-6-12-25-17(14)18(24)23-11-5-16(13-23)15-3-9-22(10-4-15)19-20-7-2-8-21-19/h2,6-8,12,15-16H,3-5,9-11,13H2,1H3/t16-/m0/s1. The number of hydrogen-bond acceptors (Lipinski definition) is 5. The van der Waals surface area contributed by atoms with E-state index in [9.17, 15) is 4.79 Å². The fourth-order valence-corrected chi connectivity index (χ4v) is 4.12. The number of anilines is 1. The lowest BCUT2D eigenvalue weighted by molar-refractivity contribution is 0.0748. The summed E-state index contributed by atoms with van der Waals surface area (Å²) in [6.45, 7) is 5.61. The van der Waals surface area contributed by atoms with Gasteiger partial charge in [0.2, 0.25) is 5.95 Å². The fraction of sp³-hybridized carbons (Fsp3) is 0.526. The van der Waals surface area contributed by atoms with Gasteiger partial charge in [-0.1, -0.05) is 0 Å². The summed E-state index contributed by atoms with van der Waals surface area (Å²) in [6.07, 6.45) is 8.57. The number of rotatable bonds is 3. The third-order valence-corrected chi connectivity index (χ3v) is 5.61. The molecule has 1 atom stereocenters. The molecule has 132 valence electrons. The lowest BCUT2D eigenvalue weighted by Gasteiger charge is -2.34. The summed E-state index contributed by atoms with van der Waals surface area (Å²) < 4.78 is 5.37. The van der Waals surface area contributed by atoms with Crippen molar-refractivity contribution in [2.24, 2.45) is 11.8 Å². The Morgan fingerprint density at radius 3 is 2.52 bits per heavy atom. The molecule has 6 nitrogen and oxygen atoms in total. The van der Waals surface area contributed by atoms with Gasteiger partial charge in [-0.3, -0.25) is 4.79 Å². The number of hydrogen-bond donors (Lipinski definition) is 0. The summed E-state index contributed by atoms with van der Waals surface area (Å²) in [7, 11) is 0. The van der Waals surface area contributed by atoms with Gasteiger partial charge >= 0.3 is 0 Å². The molecule has 2 saturated heterocycles. The van der Waals surface area contributed by atoms with Gasteiger partial charge in [0.1, 0.15) is 0 Å². The van der Waals surface area contributed by atoms with Gasteiger partial charge in [-0.05, 0) is 50.2 Å². The van der Waals surface area contributed by atoms with Crippen molar-refractivity contribution < 1.29 is 9.21 Å². The van der Waals surface area contributed by atoms with Crippen molar-refractivity contribution in [1.29, 1.82) is 0 Å². The molecule has 6 heteroatoms. The molecule has 1 amide bonds. The lowest BCUT2D eigenvalue weighted by atomic mass is 9.84. The molecule has 0 saturated carbocycles. The molecular weight excluding hydrogens is 316 g/mol. The largest absolute Gasteiger partial charge is 0.459 e. The van der Waals surface area contributed by atoms with Crippen molar-refractivity contribution in [1.82, 2.24) is 14.9 Å². The second-order valence-corrected chi connectivity index (χ2v) is 7.11. The van der Waals surface area contributed by atoms with Gasteiger partial charge in [0.25, 0.3) is 5.91 Å². The first-order valence-electron chi connectivity index (χ1n) is 9.07. The van der Waals surface area contributed by atoms with Gasteiger partial charge in [0.15, 0.2) is 5.76 Å². The predicted octanol–water partition coefficient (Wildman–Crippen LogP) is 2.76. The molecule has 2 aromatic rings. The van der Waals surface area contributed by atoms with E-state index in [2.05, 4.69) is 14.9 Å². The molecule has 0 N–H and O–H groups in total. The Hall–Kier alpha value is -2.37. The number of likely N-dealkylation sites (tertiary alicyclic amines) is 1. The molecule has 0 spiro atoms. The second kappa shape index (κ2) is 6.86. The Kier molecular flexibility index (Phi) is 4.42.